The van der Waals surface area contributed by atoms with E-state index in [1.807, 2.05) is 20.8 Å². The molecular weight excluding hydrogens is 242 g/mol. The number of rotatable bonds is 2. The number of fused-ring (bicyclic) bond motifs is 1. The van der Waals surface area contributed by atoms with Crippen LogP contribution in [0.1, 0.15) is 66.3 Å². The van der Waals surface area contributed by atoms with E-state index in [0.717, 1.165) is 41.8 Å². The molecule has 1 aliphatic carbocycles. The maximum Gasteiger partial charge on any atom is 0.205 e. The van der Waals surface area contributed by atoms with Gasteiger partial charge in [0.1, 0.15) is 0 Å². The number of carbonyl (C=O) groups is 1. The van der Waals surface area contributed by atoms with Crippen molar-refractivity contribution in [1.29, 1.82) is 0 Å². The summed E-state index contributed by atoms with van der Waals surface area (Å²) in [7, 11) is 0. The van der Waals surface area contributed by atoms with E-state index in [4.69, 9.17) is 9.47 Å². The number of pyridine rings is 1. The van der Waals surface area contributed by atoms with Crippen LogP contribution >= 0.6 is 0 Å². The molecule has 19 heavy (non-hydrogen) atoms. The molecular formula is C15H19NO3. The molecule has 0 aromatic carbocycles. The summed E-state index contributed by atoms with van der Waals surface area (Å²) in [6, 6.07) is 0. The monoisotopic (exact) mass is 261 g/mol. The van der Waals surface area contributed by atoms with E-state index in [0.29, 0.717) is 18.1 Å². The van der Waals surface area contributed by atoms with Crippen molar-refractivity contribution < 1.29 is 14.3 Å². The number of aryl methyl sites for hydroxylation is 1. The van der Waals surface area contributed by atoms with Crippen molar-refractivity contribution in [2.24, 2.45) is 0 Å². The maximum absolute atomic E-state index is 11.5. The summed E-state index contributed by atoms with van der Waals surface area (Å²) in [5, 5.41) is 0. The molecule has 0 saturated heterocycles. The molecule has 102 valence electrons. The lowest BCUT2D eigenvalue weighted by molar-refractivity contribution is -0.180. The fourth-order valence-corrected chi connectivity index (χ4v) is 2.71. The second kappa shape index (κ2) is 4.30. The highest BCUT2D eigenvalue weighted by Crippen LogP contribution is 2.42. The van der Waals surface area contributed by atoms with Gasteiger partial charge in [0.05, 0.1) is 18.0 Å². The Kier molecular flexibility index (Phi) is 2.86. The van der Waals surface area contributed by atoms with Crippen LogP contribution in [0, 0.1) is 6.92 Å². The average molecular weight is 261 g/mol. The third kappa shape index (κ3) is 2.04. The van der Waals surface area contributed by atoms with Gasteiger partial charge in [-0.2, -0.15) is 0 Å². The minimum absolute atomic E-state index is 0.416. The summed E-state index contributed by atoms with van der Waals surface area (Å²) < 4.78 is 11.5. The van der Waals surface area contributed by atoms with E-state index in [9.17, 15) is 4.79 Å². The molecule has 4 heteroatoms. The summed E-state index contributed by atoms with van der Waals surface area (Å²) in [5.41, 5.74) is 3.34. The van der Waals surface area contributed by atoms with Gasteiger partial charge in [-0.1, -0.05) is 6.42 Å². The second-order valence-electron chi connectivity index (χ2n) is 5.84. The van der Waals surface area contributed by atoms with Crippen molar-refractivity contribution in [3.63, 3.8) is 0 Å². The quantitative estimate of drug-likeness (QED) is 0.767. The van der Waals surface area contributed by atoms with Gasteiger partial charge in [-0.25, -0.2) is 0 Å². The van der Waals surface area contributed by atoms with Crippen LogP contribution in [0.4, 0.5) is 0 Å². The zero-order valence-electron chi connectivity index (χ0n) is 11.7. The Balaban J connectivity index is 2.12. The average Bonchev–Trinajstić information content (AvgIpc) is 2.27. The van der Waals surface area contributed by atoms with E-state index in [2.05, 4.69) is 4.98 Å². The maximum atomic E-state index is 11.5. The molecule has 1 saturated carbocycles. The fourth-order valence-electron chi connectivity index (χ4n) is 2.71. The van der Waals surface area contributed by atoms with Gasteiger partial charge in [-0.3, -0.25) is 9.78 Å². The third-order valence-electron chi connectivity index (χ3n) is 4.01. The van der Waals surface area contributed by atoms with Crippen LogP contribution in [0.5, 0.6) is 5.75 Å². The van der Waals surface area contributed by atoms with Crippen LogP contribution < -0.4 is 4.74 Å². The number of carbonyl (C=O) groups excluding carboxylic acids is 1. The lowest BCUT2D eigenvalue weighted by atomic mass is 9.80. The molecule has 1 aromatic rings. The second-order valence-corrected chi connectivity index (χ2v) is 5.84. The summed E-state index contributed by atoms with van der Waals surface area (Å²) in [5.74, 6) is 0.498. The largest absolute Gasteiger partial charge is 0.461 e. The van der Waals surface area contributed by atoms with Gasteiger partial charge < -0.3 is 9.47 Å². The zero-order valence-corrected chi connectivity index (χ0v) is 11.7. The number of aldehydes is 1. The molecule has 1 fully saturated rings. The van der Waals surface area contributed by atoms with Crippen molar-refractivity contribution >= 4 is 6.29 Å². The van der Waals surface area contributed by atoms with Gasteiger partial charge in [-0.15, -0.1) is 0 Å². The lowest BCUT2D eigenvalue weighted by Crippen LogP contribution is -2.36. The van der Waals surface area contributed by atoms with Crippen molar-refractivity contribution in [2.45, 2.75) is 58.3 Å². The third-order valence-corrected chi connectivity index (χ3v) is 4.01. The van der Waals surface area contributed by atoms with E-state index < -0.39 is 5.79 Å². The Bertz CT molecular complexity index is 533. The number of aromatic nitrogens is 1. The summed E-state index contributed by atoms with van der Waals surface area (Å²) in [6.07, 6.45) is 4.38. The highest BCUT2D eigenvalue weighted by molar-refractivity contribution is 5.81. The molecule has 0 spiro atoms. The van der Waals surface area contributed by atoms with Crippen molar-refractivity contribution in [2.75, 3.05) is 0 Å². The van der Waals surface area contributed by atoms with E-state index in [-0.39, 0.29) is 0 Å². The van der Waals surface area contributed by atoms with Gasteiger partial charge in [0.25, 0.3) is 0 Å². The first-order valence-corrected chi connectivity index (χ1v) is 6.83. The lowest BCUT2D eigenvalue weighted by Gasteiger charge is -2.35. The SMILES string of the molecule is Cc1nc(C2CCC2)c(C=O)c2c1OC(C)(C)OC2. The first kappa shape index (κ1) is 12.6. The number of ether oxygens (including phenoxy) is 2. The Morgan fingerprint density at radius 2 is 2.11 bits per heavy atom. The van der Waals surface area contributed by atoms with Crippen LogP contribution in [-0.4, -0.2) is 17.1 Å². The Labute approximate surface area is 113 Å². The Morgan fingerprint density at radius 3 is 2.68 bits per heavy atom. The van der Waals surface area contributed by atoms with Gasteiger partial charge in [-0.05, 0) is 19.8 Å². The van der Waals surface area contributed by atoms with Gasteiger partial charge in [0.15, 0.2) is 12.0 Å². The topological polar surface area (TPSA) is 48.4 Å². The van der Waals surface area contributed by atoms with Gasteiger partial charge in [0.2, 0.25) is 5.79 Å². The molecule has 0 atom stereocenters. The molecule has 2 aliphatic rings. The summed E-state index contributed by atoms with van der Waals surface area (Å²) in [4.78, 5) is 16.1. The van der Waals surface area contributed by atoms with Crippen LogP contribution in [0.15, 0.2) is 0 Å². The number of hydrogen-bond acceptors (Lipinski definition) is 4. The predicted octanol–water partition coefficient (Wildman–Crippen LogP) is 3.12. The predicted molar refractivity (Wildman–Crippen MR) is 70.4 cm³/mol. The van der Waals surface area contributed by atoms with E-state index >= 15 is 0 Å². The highest BCUT2D eigenvalue weighted by atomic mass is 16.7. The molecule has 2 heterocycles. The molecule has 0 N–H and O–H groups in total. The standard InChI is InChI=1S/C15H19NO3/c1-9-14-12(8-18-15(2,3)19-14)11(7-17)13(16-9)10-5-4-6-10/h7,10H,4-6,8H2,1-3H3. The molecule has 3 rings (SSSR count). The first-order valence-electron chi connectivity index (χ1n) is 6.83. The van der Waals surface area contributed by atoms with Gasteiger partial charge >= 0.3 is 0 Å². The minimum Gasteiger partial charge on any atom is -0.461 e. The van der Waals surface area contributed by atoms with Crippen LogP contribution in [-0.2, 0) is 11.3 Å². The van der Waals surface area contributed by atoms with Crippen molar-refractivity contribution in [3.8, 4) is 5.75 Å². The Morgan fingerprint density at radius 1 is 1.37 bits per heavy atom. The summed E-state index contributed by atoms with van der Waals surface area (Å²) in [6.45, 7) is 6.10. The van der Waals surface area contributed by atoms with Crippen molar-refractivity contribution in [1.82, 2.24) is 4.98 Å². The van der Waals surface area contributed by atoms with Crippen molar-refractivity contribution in [3.05, 3.63) is 22.5 Å². The molecule has 0 unspecified atom stereocenters. The normalized spacial score (nSPS) is 21.2. The minimum atomic E-state index is -0.655. The van der Waals surface area contributed by atoms with Crippen LogP contribution in [0.25, 0.3) is 0 Å². The first-order chi connectivity index (χ1) is 9.02. The molecule has 4 nitrogen and oxygen atoms in total. The van der Waals surface area contributed by atoms with Crippen LogP contribution in [0.3, 0.4) is 0 Å². The molecule has 1 aliphatic heterocycles. The molecule has 1 aromatic heterocycles. The molecule has 0 bridgehead atoms. The summed E-state index contributed by atoms with van der Waals surface area (Å²) >= 11 is 0. The fraction of sp³-hybridized carbons (Fsp3) is 0.600. The highest BCUT2D eigenvalue weighted by Gasteiger charge is 2.34. The van der Waals surface area contributed by atoms with Crippen LogP contribution in [0.2, 0.25) is 0 Å². The molecule has 0 radical (unpaired) electrons. The molecule has 0 amide bonds. The number of hydrogen-bond donors (Lipinski definition) is 0. The van der Waals surface area contributed by atoms with E-state index in [1.165, 1.54) is 6.42 Å². The van der Waals surface area contributed by atoms with E-state index in [1.54, 1.807) is 0 Å². The van der Waals surface area contributed by atoms with Gasteiger partial charge in [0, 0.05) is 30.9 Å². The zero-order chi connectivity index (χ0) is 13.6. The smallest absolute Gasteiger partial charge is 0.205 e. The Hall–Kier alpha value is -1.42. The number of nitrogens with zero attached hydrogens (tertiary/aromatic N) is 1.